The van der Waals surface area contributed by atoms with Crippen LogP contribution in [0.5, 0.6) is 11.5 Å². The highest BCUT2D eigenvalue weighted by molar-refractivity contribution is 9.10. The van der Waals surface area contributed by atoms with Crippen molar-refractivity contribution >= 4 is 21.6 Å². The van der Waals surface area contributed by atoms with Crippen molar-refractivity contribution in [3.8, 4) is 11.5 Å². The Hall–Kier alpha value is -2.94. The summed E-state index contributed by atoms with van der Waals surface area (Å²) in [4.78, 5) is 16.3. The summed E-state index contributed by atoms with van der Waals surface area (Å²) in [6.07, 6.45) is -4.67. The standard InChI is InChI=1S/C22H20BrF3N2O3/c1-30-16-7-3-14(4-8-16)12-28(13-15-5-9-17(31-2)10-6-15)19-11-18(23)20(22(24,25)26)27-21(19)29/h3-11H,12-13H2,1-2H3,(H,27,29). The first-order valence-corrected chi connectivity index (χ1v) is 10.0. The minimum absolute atomic E-state index is 0.117. The van der Waals surface area contributed by atoms with E-state index in [0.29, 0.717) is 24.6 Å². The fourth-order valence-electron chi connectivity index (χ4n) is 3.07. The van der Waals surface area contributed by atoms with Crippen molar-refractivity contribution in [1.29, 1.82) is 0 Å². The molecule has 0 saturated heterocycles. The van der Waals surface area contributed by atoms with Crippen LogP contribution >= 0.6 is 15.9 Å². The second kappa shape index (κ2) is 9.47. The molecular weight excluding hydrogens is 477 g/mol. The van der Waals surface area contributed by atoms with Crippen LogP contribution in [0, 0.1) is 0 Å². The highest BCUT2D eigenvalue weighted by Crippen LogP contribution is 2.34. The molecule has 1 heterocycles. The van der Waals surface area contributed by atoms with Gasteiger partial charge in [-0.3, -0.25) is 4.79 Å². The molecule has 0 fully saturated rings. The average molecular weight is 497 g/mol. The van der Waals surface area contributed by atoms with E-state index in [1.54, 1.807) is 43.4 Å². The van der Waals surface area contributed by atoms with Crippen molar-refractivity contribution in [2.45, 2.75) is 19.3 Å². The van der Waals surface area contributed by atoms with Gasteiger partial charge in [0.2, 0.25) is 0 Å². The van der Waals surface area contributed by atoms with Crippen LogP contribution in [0.3, 0.4) is 0 Å². The Balaban J connectivity index is 1.99. The molecule has 1 N–H and O–H groups in total. The molecule has 0 bridgehead atoms. The summed E-state index contributed by atoms with van der Waals surface area (Å²) in [5.74, 6) is 1.36. The molecule has 3 aromatic rings. The number of rotatable bonds is 7. The number of alkyl halides is 3. The third-order valence-electron chi connectivity index (χ3n) is 4.66. The quantitative estimate of drug-likeness (QED) is 0.477. The van der Waals surface area contributed by atoms with Gasteiger partial charge in [0.25, 0.3) is 5.56 Å². The minimum Gasteiger partial charge on any atom is -0.497 e. The summed E-state index contributed by atoms with van der Waals surface area (Å²) in [5.41, 5.74) is -0.0892. The number of aromatic amines is 1. The number of anilines is 1. The molecule has 164 valence electrons. The van der Waals surface area contributed by atoms with Gasteiger partial charge in [0.1, 0.15) is 22.9 Å². The molecule has 0 amide bonds. The van der Waals surface area contributed by atoms with Crippen LogP contribution in [-0.4, -0.2) is 19.2 Å². The van der Waals surface area contributed by atoms with Crippen LogP contribution < -0.4 is 19.9 Å². The van der Waals surface area contributed by atoms with Crippen LogP contribution in [-0.2, 0) is 19.3 Å². The normalized spacial score (nSPS) is 11.3. The van der Waals surface area contributed by atoms with E-state index < -0.39 is 17.4 Å². The van der Waals surface area contributed by atoms with E-state index in [9.17, 15) is 18.0 Å². The minimum atomic E-state index is -4.67. The SMILES string of the molecule is COc1ccc(CN(Cc2ccc(OC)cc2)c2cc(Br)c(C(F)(F)F)[nH]c2=O)cc1. The lowest BCUT2D eigenvalue weighted by atomic mass is 10.1. The zero-order chi connectivity index (χ0) is 22.6. The monoisotopic (exact) mass is 496 g/mol. The molecule has 31 heavy (non-hydrogen) atoms. The Morgan fingerprint density at radius 3 is 1.74 bits per heavy atom. The van der Waals surface area contributed by atoms with Gasteiger partial charge in [-0.2, -0.15) is 13.2 Å². The van der Waals surface area contributed by atoms with Gasteiger partial charge in [0, 0.05) is 17.6 Å². The lowest BCUT2D eigenvalue weighted by Gasteiger charge is -2.25. The maximum absolute atomic E-state index is 13.2. The smallest absolute Gasteiger partial charge is 0.432 e. The number of ether oxygens (including phenoxy) is 2. The molecule has 0 aliphatic carbocycles. The Kier molecular flexibility index (Phi) is 6.94. The molecule has 0 unspecified atom stereocenters. The number of hydrogen-bond donors (Lipinski definition) is 1. The summed E-state index contributed by atoms with van der Waals surface area (Å²) in [6.45, 7) is 0.605. The van der Waals surface area contributed by atoms with E-state index in [1.807, 2.05) is 29.2 Å². The molecule has 0 aliphatic heterocycles. The first-order valence-electron chi connectivity index (χ1n) is 9.22. The Morgan fingerprint density at radius 1 is 0.903 bits per heavy atom. The van der Waals surface area contributed by atoms with E-state index in [4.69, 9.17) is 9.47 Å². The topological polar surface area (TPSA) is 54.6 Å². The molecular formula is C22H20BrF3N2O3. The maximum atomic E-state index is 13.2. The summed E-state index contributed by atoms with van der Waals surface area (Å²) in [6, 6.07) is 15.7. The average Bonchev–Trinajstić information content (AvgIpc) is 2.75. The molecule has 5 nitrogen and oxygen atoms in total. The zero-order valence-electron chi connectivity index (χ0n) is 16.8. The number of hydrogen-bond acceptors (Lipinski definition) is 4. The second-order valence-corrected chi connectivity index (χ2v) is 7.61. The van der Waals surface area contributed by atoms with Gasteiger partial charge in [0.05, 0.1) is 14.2 Å². The van der Waals surface area contributed by atoms with E-state index in [-0.39, 0.29) is 10.2 Å². The van der Waals surface area contributed by atoms with Crippen molar-refractivity contribution in [3.63, 3.8) is 0 Å². The van der Waals surface area contributed by atoms with Crippen LogP contribution in [0.15, 0.2) is 63.9 Å². The Labute approximate surface area is 185 Å². The van der Waals surface area contributed by atoms with Gasteiger partial charge in [-0.15, -0.1) is 0 Å². The number of nitrogens with one attached hydrogen (secondary N) is 1. The van der Waals surface area contributed by atoms with Crippen molar-refractivity contribution in [1.82, 2.24) is 4.98 Å². The van der Waals surface area contributed by atoms with Gasteiger partial charge in [-0.1, -0.05) is 24.3 Å². The number of nitrogens with zero attached hydrogens (tertiary/aromatic N) is 1. The molecule has 9 heteroatoms. The van der Waals surface area contributed by atoms with Crippen LogP contribution in [0.1, 0.15) is 16.8 Å². The van der Waals surface area contributed by atoms with Gasteiger partial charge in [-0.05, 0) is 57.4 Å². The molecule has 3 rings (SSSR count). The van der Waals surface area contributed by atoms with Gasteiger partial charge >= 0.3 is 6.18 Å². The number of aromatic nitrogens is 1. The third-order valence-corrected chi connectivity index (χ3v) is 5.29. The molecule has 0 aliphatic rings. The predicted molar refractivity (Wildman–Crippen MR) is 116 cm³/mol. The molecule has 0 saturated carbocycles. The lowest BCUT2D eigenvalue weighted by molar-refractivity contribution is -0.141. The largest absolute Gasteiger partial charge is 0.497 e. The van der Waals surface area contributed by atoms with E-state index in [2.05, 4.69) is 15.9 Å². The zero-order valence-corrected chi connectivity index (χ0v) is 18.4. The van der Waals surface area contributed by atoms with Gasteiger partial charge in [-0.25, -0.2) is 0 Å². The van der Waals surface area contributed by atoms with Crippen molar-refractivity contribution < 1.29 is 22.6 Å². The fraction of sp³-hybridized carbons (Fsp3) is 0.227. The number of pyridine rings is 1. The molecule has 0 atom stereocenters. The first-order chi connectivity index (χ1) is 14.7. The number of benzene rings is 2. The number of halogens is 4. The second-order valence-electron chi connectivity index (χ2n) is 6.76. The number of methoxy groups -OCH3 is 2. The maximum Gasteiger partial charge on any atom is 0.432 e. The first kappa shape index (κ1) is 22.7. The van der Waals surface area contributed by atoms with Crippen LogP contribution in [0.2, 0.25) is 0 Å². The van der Waals surface area contributed by atoms with Crippen molar-refractivity contribution in [2.24, 2.45) is 0 Å². The summed E-state index contributed by atoms with van der Waals surface area (Å²) in [5, 5.41) is 0. The van der Waals surface area contributed by atoms with Gasteiger partial charge in [0.15, 0.2) is 0 Å². The lowest BCUT2D eigenvalue weighted by Crippen LogP contribution is -2.30. The predicted octanol–water partition coefficient (Wildman–Crippen LogP) is 5.38. The highest BCUT2D eigenvalue weighted by Gasteiger charge is 2.35. The number of H-pyrrole nitrogens is 1. The summed E-state index contributed by atoms with van der Waals surface area (Å²) < 4.78 is 49.6. The van der Waals surface area contributed by atoms with E-state index >= 15 is 0 Å². The van der Waals surface area contributed by atoms with E-state index in [0.717, 1.165) is 11.1 Å². The molecule has 0 radical (unpaired) electrons. The van der Waals surface area contributed by atoms with E-state index in [1.165, 1.54) is 6.07 Å². The van der Waals surface area contributed by atoms with Gasteiger partial charge < -0.3 is 19.4 Å². The highest BCUT2D eigenvalue weighted by atomic mass is 79.9. The van der Waals surface area contributed by atoms with Crippen LogP contribution in [0.4, 0.5) is 18.9 Å². The summed E-state index contributed by atoms with van der Waals surface area (Å²) in [7, 11) is 3.12. The van der Waals surface area contributed by atoms with Crippen molar-refractivity contribution in [2.75, 3.05) is 19.1 Å². The third kappa shape index (κ3) is 5.61. The Bertz CT molecular complexity index is 1030. The summed E-state index contributed by atoms with van der Waals surface area (Å²) >= 11 is 2.94. The molecule has 1 aromatic heterocycles. The Morgan fingerprint density at radius 2 is 1.35 bits per heavy atom. The molecule has 2 aromatic carbocycles. The fourth-order valence-corrected chi connectivity index (χ4v) is 3.61. The van der Waals surface area contributed by atoms with Crippen molar-refractivity contribution in [3.05, 3.63) is 86.2 Å². The molecule has 0 spiro atoms. The van der Waals surface area contributed by atoms with Crippen LogP contribution in [0.25, 0.3) is 0 Å².